The highest BCUT2D eigenvalue weighted by molar-refractivity contribution is 5.94. The number of hydrogen-bond donors (Lipinski definition) is 0. The summed E-state index contributed by atoms with van der Waals surface area (Å²) in [5.74, 6) is 0.988. The van der Waals surface area contributed by atoms with Gasteiger partial charge in [-0.25, -0.2) is 0 Å². The Kier molecular flexibility index (Phi) is 6.33. The van der Waals surface area contributed by atoms with E-state index in [2.05, 4.69) is 18.7 Å². The molecule has 4 heteroatoms. The average molecular weight is 357 g/mol. The molecule has 142 valence electrons. The third-order valence-electron chi connectivity index (χ3n) is 5.87. The maximum absolute atomic E-state index is 12.8. The normalized spacial score (nSPS) is 19.5. The van der Waals surface area contributed by atoms with Crippen LogP contribution in [0.15, 0.2) is 24.3 Å². The molecule has 0 spiro atoms. The Morgan fingerprint density at radius 1 is 0.846 bits per heavy atom. The minimum absolute atomic E-state index is 0.0977. The SMILES string of the molecule is CC(C)c1ccc(C(=O)N2CCC(C(=O)N3CCCCCC3)CC2)cc1. The van der Waals surface area contributed by atoms with E-state index < -0.39 is 0 Å². The fourth-order valence-electron chi connectivity index (χ4n) is 4.07. The summed E-state index contributed by atoms with van der Waals surface area (Å²) in [7, 11) is 0. The molecule has 26 heavy (non-hydrogen) atoms. The first-order valence-electron chi connectivity index (χ1n) is 10.2. The smallest absolute Gasteiger partial charge is 0.253 e. The van der Waals surface area contributed by atoms with Crippen LogP contribution in [-0.4, -0.2) is 47.8 Å². The summed E-state index contributed by atoms with van der Waals surface area (Å²) in [6, 6.07) is 7.97. The quantitative estimate of drug-likeness (QED) is 0.819. The number of carbonyl (C=O) groups excluding carboxylic acids is 2. The van der Waals surface area contributed by atoms with Crippen molar-refractivity contribution in [2.75, 3.05) is 26.2 Å². The van der Waals surface area contributed by atoms with Gasteiger partial charge in [-0.1, -0.05) is 38.8 Å². The average Bonchev–Trinajstić information content (AvgIpc) is 2.96. The van der Waals surface area contributed by atoms with E-state index in [0.717, 1.165) is 44.3 Å². The Bertz CT molecular complexity index is 608. The van der Waals surface area contributed by atoms with Crippen molar-refractivity contribution in [1.82, 2.24) is 9.80 Å². The van der Waals surface area contributed by atoms with Gasteiger partial charge in [-0.15, -0.1) is 0 Å². The molecule has 0 atom stereocenters. The van der Waals surface area contributed by atoms with Crippen molar-refractivity contribution >= 4 is 11.8 Å². The molecule has 0 bridgehead atoms. The van der Waals surface area contributed by atoms with Gasteiger partial charge >= 0.3 is 0 Å². The van der Waals surface area contributed by atoms with Crippen LogP contribution in [0.1, 0.15) is 74.2 Å². The van der Waals surface area contributed by atoms with E-state index in [1.807, 2.05) is 29.2 Å². The molecule has 2 heterocycles. The third-order valence-corrected chi connectivity index (χ3v) is 5.87. The predicted octanol–water partition coefficient (Wildman–Crippen LogP) is 4.06. The first-order valence-corrected chi connectivity index (χ1v) is 10.2. The van der Waals surface area contributed by atoms with Crippen LogP contribution >= 0.6 is 0 Å². The van der Waals surface area contributed by atoms with Gasteiger partial charge in [0.25, 0.3) is 5.91 Å². The van der Waals surface area contributed by atoms with Crippen molar-refractivity contribution in [3.05, 3.63) is 35.4 Å². The summed E-state index contributed by atoms with van der Waals surface area (Å²) in [5, 5.41) is 0. The van der Waals surface area contributed by atoms with Crippen molar-refractivity contribution in [2.45, 2.75) is 58.3 Å². The summed E-state index contributed by atoms with van der Waals surface area (Å²) in [5.41, 5.74) is 2.01. The van der Waals surface area contributed by atoms with Gasteiger partial charge in [0.15, 0.2) is 0 Å². The van der Waals surface area contributed by atoms with E-state index >= 15 is 0 Å². The summed E-state index contributed by atoms with van der Waals surface area (Å²) in [6.07, 6.45) is 6.35. The standard InChI is InChI=1S/C22H32N2O2/c1-17(2)18-7-9-19(10-8-18)21(25)24-15-11-20(12-16-24)22(26)23-13-5-3-4-6-14-23/h7-10,17,20H,3-6,11-16H2,1-2H3. The van der Waals surface area contributed by atoms with Crippen LogP contribution in [-0.2, 0) is 4.79 Å². The molecule has 2 saturated heterocycles. The first-order chi connectivity index (χ1) is 12.6. The zero-order valence-corrected chi connectivity index (χ0v) is 16.2. The molecule has 2 fully saturated rings. The van der Waals surface area contributed by atoms with Crippen LogP contribution in [0, 0.1) is 5.92 Å². The van der Waals surface area contributed by atoms with Crippen LogP contribution in [0.4, 0.5) is 0 Å². The molecule has 1 aromatic rings. The molecule has 0 radical (unpaired) electrons. The maximum Gasteiger partial charge on any atom is 0.253 e. The Hall–Kier alpha value is -1.84. The molecule has 0 saturated carbocycles. The summed E-state index contributed by atoms with van der Waals surface area (Å²) in [6.45, 7) is 7.52. The molecule has 2 amide bonds. The van der Waals surface area contributed by atoms with Gasteiger partial charge in [0.05, 0.1) is 0 Å². The highest BCUT2D eigenvalue weighted by Crippen LogP contribution is 2.23. The van der Waals surface area contributed by atoms with Gasteiger partial charge in [0.2, 0.25) is 5.91 Å². The molecule has 0 N–H and O–H groups in total. The Labute approximate surface area is 157 Å². The van der Waals surface area contributed by atoms with Crippen molar-refractivity contribution in [2.24, 2.45) is 5.92 Å². The van der Waals surface area contributed by atoms with Gasteiger partial charge in [0.1, 0.15) is 0 Å². The monoisotopic (exact) mass is 356 g/mol. The Morgan fingerprint density at radius 3 is 1.96 bits per heavy atom. The molecule has 0 unspecified atom stereocenters. The van der Waals surface area contributed by atoms with Gasteiger partial charge < -0.3 is 9.80 Å². The van der Waals surface area contributed by atoms with Crippen molar-refractivity contribution < 1.29 is 9.59 Å². The lowest BCUT2D eigenvalue weighted by Gasteiger charge is -2.34. The molecule has 2 aliphatic heterocycles. The Morgan fingerprint density at radius 2 is 1.42 bits per heavy atom. The van der Waals surface area contributed by atoms with E-state index in [1.165, 1.54) is 18.4 Å². The van der Waals surface area contributed by atoms with Gasteiger partial charge in [-0.2, -0.15) is 0 Å². The minimum Gasteiger partial charge on any atom is -0.342 e. The van der Waals surface area contributed by atoms with E-state index in [1.54, 1.807) is 0 Å². The van der Waals surface area contributed by atoms with E-state index in [4.69, 9.17) is 0 Å². The minimum atomic E-state index is 0.0977. The second kappa shape index (κ2) is 8.70. The van der Waals surface area contributed by atoms with E-state index in [9.17, 15) is 9.59 Å². The number of carbonyl (C=O) groups is 2. The topological polar surface area (TPSA) is 40.6 Å². The van der Waals surface area contributed by atoms with Crippen LogP contribution < -0.4 is 0 Å². The van der Waals surface area contributed by atoms with Gasteiger partial charge in [0, 0.05) is 37.7 Å². The molecule has 0 aromatic heterocycles. The Balaban J connectivity index is 1.54. The second-order valence-corrected chi connectivity index (χ2v) is 8.08. The molecular weight excluding hydrogens is 324 g/mol. The van der Waals surface area contributed by atoms with Crippen LogP contribution in [0.25, 0.3) is 0 Å². The lowest BCUT2D eigenvalue weighted by Crippen LogP contribution is -2.44. The van der Waals surface area contributed by atoms with Crippen molar-refractivity contribution in [3.8, 4) is 0 Å². The number of hydrogen-bond acceptors (Lipinski definition) is 2. The maximum atomic E-state index is 12.8. The van der Waals surface area contributed by atoms with E-state index in [-0.39, 0.29) is 11.8 Å². The lowest BCUT2D eigenvalue weighted by atomic mass is 9.94. The molecular formula is C22H32N2O2. The largest absolute Gasteiger partial charge is 0.342 e. The summed E-state index contributed by atoms with van der Waals surface area (Å²) >= 11 is 0. The molecule has 0 aliphatic carbocycles. The zero-order chi connectivity index (χ0) is 18.5. The van der Waals surface area contributed by atoms with Crippen molar-refractivity contribution in [1.29, 1.82) is 0 Å². The summed E-state index contributed by atoms with van der Waals surface area (Å²) in [4.78, 5) is 29.5. The second-order valence-electron chi connectivity index (χ2n) is 8.08. The van der Waals surface area contributed by atoms with Crippen molar-refractivity contribution in [3.63, 3.8) is 0 Å². The third kappa shape index (κ3) is 4.46. The fourth-order valence-corrected chi connectivity index (χ4v) is 4.07. The fraction of sp³-hybridized carbons (Fsp3) is 0.636. The number of likely N-dealkylation sites (tertiary alicyclic amines) is 2. The van der Waals surface area contributed by atoms with E-state index in [0.29, 0.717) is 24.9 Å². The number of amides is 2. The van der Waals surface area contributed by atoms with Crippen LogP contribution in [0.5, 0.6) is 0 Å². The number of rotatable bonds is 3. The number of nitrogens with zero attached hydrogens (tertiary/aromatic N) is 2. The van der Waals surface area contributed by atoms with Gasteiger partial charge in [-0.05, 0) is 49.3 Å². The molecule has 4 nitrogen and oxygen atoms in total. The predicted molar refractivity (Wildman–Crippen MR) is 104 cm³/mol. The molecule has 1 aromatic carbocycles. The molecule has 3 rings (SSSR count). The highest BCUT2D eigenvalue weighted by atomic mass is 16.2. The number of piperidine rings is 1. The zero-order valence-electron chi connectivity index (χ0n) is 16.2. The highest BCUT2D eigenvalue weighted by Gasteiger charge is 2.30. The summed E-state index contributed by atoms with van der Waals surface area (Å²) < 4.78 is 0. The first kappa shape index (κ1) is 18.9. The number of benzene rings is 1. The lowest BCUT2D eigenvalue weighted by molar-refractivity contribution is -0.136. The van der Waals surface area contributed by atoms with Gasteiger partial charge in [-0.3, -0.25) is 9.59 Å². The van der Waals surface area contributed by atoms with Crippen LogP contribution in [0.3, 0.4) is 0 Å². The molecule has 2 aliphatic rings. The van der Waals surface area contributed by atoms with Crippen LogP contribution in [0.2, 0.25) is 0 Å².